The highest BCUT2D eigenvalue weighted by Crippen LogP contribution is 2.33. The lowest BCUT2D eigenvalue weighted by Crippen LogP contribution is -2.37. The molecular formula is C22H32N2O4. The van der Waals surface area contributed by atoms with Gasteiger partial charge in [0.05, 0.1) is 5.92 Å². The van der Waals surface area contributed by atoms with Crippen molar-refractivity contribution in [3.05, 3.63) is 29.8 Å². The average Bonchev–Trinajstić information content (AvgIpc) is 3.11. The number of carbonyl (C=O) groups excluding carboxylic acids is 3. The minimum Gasteiger partial charge on any atom is -0.455 e. The standard InChI is InChI=1S/C22H32N2O4/c1-5-15(4)18-10-8-9-11-19(18)24-13-16(12-21(24)26)22(27)28-14-20(25)23-17(6-2)7-3/h8-11,15-17H,5-7,12-14H2,1-4H3,(H,23,25)/t15-,16-/m1/s1. The predicted octanol–water partition coefficient (Wildman–Crippen LogP) is 3.40. The third kappa shape index (κ3) is 5.33. The van der Waals surface area contributed by atoms with E-state index in [-0.39, 0.29) is 30.9 Å². The summed E-state index contributed by atoms with van der Waals surface area (Å²) in [6.07, 6.45) is 2.74. The van der Waals surface area contributed by atoms with Crippen LogP contribution in [-0.2, 0) is 19.1 Å². The summed E-state index contributed by atoms with van der Waals surface area (Å²) >= 11 is 0. The molecule has 0 aliphatic carbocycles. The monoisotopic (exact) mass is 388 g/mol. The molecule has 1 saturated heterocycles. The van der Waals surface area contributed by atoms with Crippen molar-refractivity contribution in [1.82, 2.24) is 5.32 Å². The molecule has 154 valence electrons. The van der Waals surface area contributed by atoms with Crippen LogP contribution in [0.5, 0.6) is 0 Å². The molecule has 0 aromatic heterocycles. The van der Waals surface area contributed by atoms with E-state index in [0.717, 1.165) is 30.5 Å². The Balaban J connectivity index is 1.97. The summed E-state index contributed by atoms with van der Waals surface area (Å²) in [6, 6.07) is 7.92. The third-order valence-electron chi connectivity index (χ3n) is 5.53. The number of esters is 1. The van der Waals surface area contributed by atoms with E-state index in [1.54, 1.807) is 4.90 Å². The summed E-state index contributed by atoms with van der Waals surface area (Å²) in [5.41, 5.74) is 1.97. The molecule has 0 saturated carbocycles. The Morgan fingerprint density at radius 1 is 1.18 bits per heavy atom. The number of anilines is 1. The van der Waals surface area contributed by atoms with Crippen LogP contribution in [0.15, 0.2) is 24.3 Å². The predicted molar refractivity (Wildman–Crippen MR) is 109 cm³/mol. The van der Waals surface area contributed by atoms with Crippen LogP contribution >= 0.6 is 0 Å². The van der Waals surface area contributed by atoms with Crippen molar-refractivity contribution in [2.45, 2.75) is 65.3 Å². The number of nitrogens with one attached hydrogen (secondary N) is 1. The largest absolute Gasteiger partial charge is 0.455 e. The first-order valence-corrected chi connectivity index (χ1v) is 10.3. The van der Waals surface area contributed by atoms with Gasteiger partial charge in [0.25, 0.3) is 5.91 Å². The van der Waals surface area contributed by atoms with E-state index >= 15 is 0 Å². The number of amides is 2. The Bertz CT molecular complexity index is 700. The van der Waals surface area contributed by atoms with Gasteiger partial charge < -0.3 is 15.0 Å². The summed E-state index contributed by atoms with van der Waals surface area (Å²) < 4.78 is 5.18. The van der Waals surface area contributed by atoms with Gasteiger partial charge in [0.1, 0.15) is 0 Å². The first-order valence-electron chi connectivity index (χ1n) is 10.3. The fourth-order valence-electron chi connectivity index (χ4n) is 3.48. The second kappa shape index (κ2) is 10.2. The van der Waals surface area contributed by atoms with Crippen LogP contribution in [0.4, 0.5) is 5.69 Å². The lowest BCUT2D eigenvalue weighted by Gasteiger charge is -2.23. The number of benzene rings is 1. The van der Waals surface area contributed by atoms with Crippen LogP contribution in [0.25, 0.3) is 0 Å². The molecule has 2 atom stereocenters. The van der Waals surface area contributed by atoms with E-state index in [9.17, 15) is 14.4 Å². The zero-order valence-electron chi connectivity index (χ0n) is 17.4. The van der Waals surface area contributed by atoms with Crippen LogP contribution in [-0.4, -0.2) is 37.0 Å². The van der Waals surface area contributed by atoms with E-state index in [2.05, 4.69) is 19.2 Å². The Morgan fingerprint density at radius 3 is 2.50 bits per heavy atom. The molecule has 6 nitrogen and oxygen atoms in total. The van der Waals surface area contributed by atoms with Crippen molar-refractivity contribution < 1.29 is 19.1 Å². The van der Waals surface area contributed by atoms with Gasteiger partial charge in [0, 0.05) is 24.7 Å². The summed E-state index contributed by atoms with van der Waals surface area (Å²) in [5.74, 6) is -1.09. The maximum absolute atomic E-state index is 12.6. The van der Waals surface area contributed by atoms with Gasteiger partial charge in [-0.15, -0.1) is 0 Å². The number of hydrogen-bond acceptors (Lipinski definition) is 4. The Labute approximate surface area is 167 Å². The summed E-state index contributed by atoms with van der Waals surface area (Å²) in [7, 11) is 0. The second-order valence-corrected chi connectivity index (χ2v) is 7.46. The van der Waals surface area contributed by atoms with Crippen LogP contribution in [0.1, 0.15) is 64.9 Å². The Morgan fingerprint density at radius 2 is 1.86 bits per heavy atom. The molecule has 2 rings (SSSR count). The quantitative estimate of drug-likeness (QED) is 0.658. The van der Waals surface area contributed by atoms with E-state index in [1.165, 1.54) is 0 Å². The molecule has 0 bridgehead atoms. The van der Waals surface area contributed by atoms with Crippen LogP contribution in [0, 0.1) is 5.92 Å². The normalized spacial score (nSPS) is 17.7. The van der Waals surface area contributed by atoms with Gasteiger partial charge in [-0.1, -0.05) is 45.9 Å². The molecule has 1 heterocycles. The number of hydrogen-bond donors (Lipinski definition) is 1. The van der Waals surface area contributed by atoms with Crippen molar-refractivity contribution in [2.75, 3.05) is 18.1 Å². The van der Waals surface area contributed by atoms with E-state index in [0.29, 0.717) is 12.5 Å². The highest BCUT2D eigenvalue weighted by atomic mass is 16.5. The lowest BCUT2D eigenvalue weighted by atomic mass is 9.96. The summed E-state index contributed by atoms with van der Waals surface area (Å²) in [6.45, 7) is 8.22. The van der Waals surface area contributed by atoms with Crippen LogP contribution < -0.4 is 10.2 Å². The van der Waals surface area contributed by atoms with E-state index in [1.807, 2.05) is 38.1 Å². The van der Waals surface area contributed by atoms with Gasteiger partial charge in [0.2, 0.25) is 5.91 Å². The molecular weight excluding hydrogens is 356 g/mol. The van der Waals surface area contributed by atoms with E-state index in [4.69, 9.17) is 4.74 Å². The topological polar surface area (TPSA) is 75.7 Å². The molecule has 1 N–H and O–H groups in total. The van der Waals surface area contributed by atoms with Gasteiger partial charge in [-0.25, -0.2) is 0 Å². The fraction of sp³-hybridized carbons (Fsp3) is 0.591. The minimum atomic E-state index is -0.543. The highest BCUT2D eigenvalue weighted by Gasteiger charge is 2.37. The zero-order chi connectivity index (χ0) is 20.7. The smallest absolute Gasteiger partial charge is 0.311 e. The highest BCUT2D eigenvalue weighted by molar-refractivity contribution is 6.00. The van der Waals surface area contributed by atoms with Crippen molar-refractivity contribution >= 4 is 23.5 Å². The first kappa shape index (κ1) is 21.9. The second-order valence-electron chi connectivity index (χ2n) is 7.46. The average molecular weight is 389 g/mol. The van der Waals surface area contributed by atoms with Crippen LogP contribution in [0.3, 0.4) is 0 Å². The number of nitrogens with zero attached hydrogens (tertiary/aromatic N) is 1. The molecule has 1 aromatic carbocycles. The molecule has 6 heteroatoms. The van der Waals surface area contributed by atoms with Crippen LogP contribution in [0.2, 0.25) is 0 Å². The van der Waals surface area contributed by atoms with Crippen molar-refractivity contribution in [3.63, 3.8) is 0 Å². The Kier molecular flexibility index (Phi) is 8.03. The number of para-hydroxylation sites is 1. The SMILES string of the molecule is CCC(CC)NC(=O)COC(=O)[C@@H]1CC(=O)N(c2ccccc2[C@H](C)CC)C1. The Hall–Kier alpha value is -2.37. The minimum absolute atomic E-state index is 0.0841. The van der Waals surface area contributed by atoms with Gasteiger partial charge >= 0.3 is 5.97 Å². The fourth-order valence-corrected chi connectivity index (χ4v) is 3.48. The third-order valence-corrected chi connectivity index (χ3v) is 5.53. The number of rotatable bonds is 9. The van der Waals surface area contributed by atoms with E-state index < -0.39 is 11.9 Å². The molecule has 1 fully saturated rings. The molecule has 1 aromatic rings. The number of ether oxygens (including phenoxy) is 1. The van der Waals surface area contributed by atoms with Crippen molar-refractivity contribution in [3.8, 4) is 0 Å². The maximum atomic E-state index is 12.6. The van der Waals surface area contributed by atoms with Gasteiger partial charge in [-0.3, -0.25) is 14.4 Å². The van der Waals surface area contributed by atoms with Crippen molar-refractivity contribution in [1.29, 1.82) is 0 Å². The molecule has 0 unspecified atom stereocenters. The first-order chi connectivity index (χ1) is 13.4. The van der Waals surface area contributed by atoms with Gasteiger partial charge in [-0.05, 0) is 36.8 Å². The lowest BCUT2D eigenvalue weighted by molar-refractivity contribution is -0.152. The van der Waals surface area contributed by atoms with Gasteiger partial charge in [-0.2, -0.15) is 0 Å². The number of carbonyl (C=O) groups is 3. The molecule has 2 amide bonds. The molecule has 28 heavy (non-hydrogen) atoms. The molecule has 1 aliphatic rings. The molecule has 0 spiro atoms. The van der Waals surface area contributed by atoms with Crippen molar-refractivity contribution in [2.24, 2.45) is 5.92 Å². The molecule has 0 radical (unpaired) electrons. The molecule has 1 aliphatic heterocycles. The maximum Gasteiger partial charge on any atom is 0.311 e. The summed E-state index contributed by atoms with van der Waals surface area (Å²) in [5, 5.41) is 2.84. The zero-order valence-corrected chi connectivity index (χ0v) is 17.4. The van der Waals surface area contributed by atoms with Gasteiger partial charge in [0.15, 0.2) is 6.61 Å². The summed E-state index contributed by atoms with van der Waals surface area (Å²) in [4.78, 5) is 38.5.